The van der Waals surface area contributed by atoms with Crippen LogP contribution in [0.5, 0.6) is 0 Å². The Morgan fingerprint density at radius 3 is 2.77 bits per heavy atom. The molecule has 1 aliphatic heterocycles. The number of hydrogen-bond donors (Lipinski definition) is 1. The van der Waals surface area contributed by atoms with Gasteiger partial charge in [-0.15, -0.1) is 23.7 Å². The van der Waals surface area contributed by atoms with Crippen LogP contribution in [0.15, 0.2) is 30.3 Å². The van der Waals surface area contributed by atoms with E-state index in [1.54, 1.807) is 0 Å². The largest absolute Gasteiger partial charge is 0.335 e. The van der Waals surface area contributed by atoms with Gasteiger partial charge in [-0.1, -0.05) is 11.6 Å². The molecule has 0 aliphatic carbocycles. The number of rotatable bonds is 2. The topological polar surface area (TPSA) is 50.2 Å². The van der Waals surface area contributed by atoms with Crippen LogP contribution < -0.4 is 5.32 Å². The summed E-state index contributed by atoms with van der Waals surface area (Å²) in [7, 11) is 0. The first-order chi connectivity index (χ1) is 12.0. The number of nitrogens with one attached hydrogen (secondary N) is 1. The van der Waals surface area contributed by atoms with Crippen LogP contribution in [0.4, 0.5) is 0 Å². The Kier molecular flexibility index (Phi) is 5.58. The van der Waals surface area contributed by atoms with E-state index in [0.717, 1.165) is 46.1 Å². The molecule has 0 bridgehead atoms. The van der Waals surface area contributed by atoms with Crippen molar-refractivity contribution in [3.05, 3.63) is 45.9 Å². The van der Waals surface area contributed by atoms with Crippen LogP contribution in [0.1, 0.15) is 22.3 Å². The van der Waals surface area contributed by atoms with Crippen molar-refractivity contribution in [1.29, 1.82) is 0 Å². The van der Waals surface area contributed by atoms with Gasteiger partial charge in [0.05, 0.1) is 16.3 Å². The summed E-state index contributed by atoms with van der Waals surface area (Å²) in [6.07, 6.45) is 0. The predicted octanol–water partition coefficient (Wildman–Crippen LogP) is 3.90. The molecule has 1 N–H and O–H groups in total. The van der Waals surface area contributed by atoms with Gasteiger partial charge in [0.2, 0.25) is 0 Å². The van der Waals surface area contributed by atoms with E-state index < -0.39 is 0 Å². The van der Waals surface area contributed by atoms with Crippen LogP contribution in [0.3, 0.4) is 0 Å². The lowest BCUT2D eigenvalue weighted by Gasteiger charge is -2.31. The van der Waals surface area contributed by atoms with E-state index in [1.165, 1.54) is 11.3 Å². The molecule has 3 heterocycles. The van der Waals surface area contributed by atoms with Gasteiger partial charge >= 0.3 is 0 Å². The van der Waals surface area contributed by atoms with E-state index in [1.807, 2.05) is 46.8 Å². The summed E-state index contributed by atoms with van der Waals surface area (Å²) in [5.41, 5.74) is 1.87. The number of hydrogen-bond acceptors (Lipinski definition) is 4. The first kappa shape index (κ1) is 19.2. The quantitative estimate of drug-likeness (QED) is 0.696. The van der Waals surface area contributed by atoms with Crippen molar-refractivity contribution in [1.82, 2.24) is 20.0 Å². The van der Waals surface area contributed by atoms with Crippen molar-refractivity contribution < 1.29 is 4.79 Å². The Bertz CT molecular complexity index is 935. The monoisotopic (exact) mass is 410 g/mol. The molecule has 3 aromatic rings. The van der Waals surface area contributed by atoms with E-state index in [2.05, 4.69) is 17.3 Å². The highest BCUT2D eigenvalue weighted by atomic mass is 35.5. The highest BCUT2D eigenvalue weighted by Crippen LogP contribution is 2.31. The fourth-order valence-corrected chi connectivity index (χ4v) is 4.46. The molecule has 5 nitrogen and oxygen atoms in total. The zero-order valence-corrected chi connectivity index (χ0v) is 16.9. The summed E-state index contributed by atoms with van der Waals surface area (Å²) in [5, 5.41) is 9.72. The Balaban J connectivity index is 0.00000196. The van der Waals surface area contributed by atoms with Crippen LogP contribution >= 0.6 is 35.3 Å². The second kappa shape index (κ2) is 7.56. The third kappa shape index (κ3) is 3.47. The highest BCUT2D eigenvalue weighted by Gasteiger charge is 2.24. The summed E-state index contributed by atoms with van der Waals surface area (Å²) in [6, 6.07) is 9.88. The molecule has 0 saturated carbocycles. The smallest absolute Gasteiger partial charge is 0.264 e. The van der Waals surface area contributed by atoms with Crippen LogP contribution in [-0.2, 0) is 0 Å². The molecule has 1 aromatic carbocycles. The summed E-state index contributed by atoms with van der Waals surface area (Å²) in [4.78, 5) is 16.6. The lowest BCUT2D eigenvalue weighted by Crippen LogP contribution is -2.51. The molecule has 1 unspecified atom stereocenters. The average molecular weight is 411 g/mol. The molecule has 26 heavy (non-hydrogen) atoms. The van der Waals surface area contributed by atoms with Crippen molar-refractivity contribution in [2.75, 3.05) is 19.6 Å². The lowest BCUT2D eigenvalue weighted by molar-refractivity contribution is 0.0714. The number of benzene rings is 1. The molecule has 1 aliphatic rings. The summed E-state index contributed by atoms with van der Waals surface area (Å²) in [6.45, 7) is 6.42. The molecule has 2 aromatic heterocycles. The second-order valence-electron chi connectivity index (χ2n) is 6.41. The molecule has 0 radical (unpaired) electrons. The number of nitrogens with zero attached hydrogens (tertiary/aromatic N) is 3. The number of piperazine rings is 1. The number of fused-ring (bicyclic) bond motifs is 1. The highest BCUT2D eigenvalue weighted by molar-refractivity contribution is 7.20. The number of aromatic nitrogens is 2. The Labute approximate surface area is 167 Å². The van der Waals surface area contributed by atoms with Crippen molar-refractivity contribution in [3.63, 3.8) is 0 Å². The summed E-state index contributed by atoms with van der Waals surface area (Å²) >= 11 is 7.49. The Morgan fingerprint density at radius 1 is 1.35 bits per heavy atom. The van der Waals surface area contributed by atoms with E-state index in [9.17, 15) is 4.79 Å². The van der Waals surface area contributed by atoms with Gasteiger partial charge in [-0.05, 0) is 44.2 Å². The minimum absolute atomic E-state index is 0. The van der Waals surface area contributed by atoms with Crippen LogP contribution in [0.25, 0.3) is 15.9 Å². The Hall–Kier alpha value is -1.60. The van der Waals surface area contributed by atoms with Crippen molar-refractivity contribution >= 4 is 51.5 Å². The van der Waals surface area contributed by atoms with Crippen LogP contribution in [0, 0.1) is 6.92 Å². The maximum atomic E-state index is 12.9. The molecule has 0 spiro atoms. The molecule has 4 rings (SSSR count). The maximum Gasteiger partial charge on any atom is 0.264 e. The molecular weight excluding hydrogens is 391 g/mol. The zero-order chi connectivity index (χ0) is 17.6. The summed E-state index contributed by atoms with van der Waals surface area (Å²) in [5.74, 6) is 0.108. The van der Waals surface area contributed by atoms with Gasteiger partial charge in [0.15, 0.2) is 0 Å². The third-order valence-corrected chi connectivity index (χ3v) is 5.83. The van der Waals surface area contributed by atoms with Gasteiger partial charge in [-0.3, -0.25) is 4.79 Å². The first-order valence-corrected chi connectivity index (χ1v) is 9.50. The van der Waals surface area contributed by atoms with Gasteiger partial charge in [0.25, 0.3) is 5.91 Å². The Morgan fingerprint density at radius 2 is 2.08 bits per heavy atom. The van der Waals surface area contributed by atoms with E-state index >= 15 is 0 Å². The molecule has 1 saturated heterocycles. The summed E-state index contributed by atoms with van der Waals surface area (Å²) < 4.78 is 1.89. The van der Waals surface area contributed by atoms with Gasteiger partial charge < -0.3 is 10.2 Å². The fourth-order valence-electron chi connectivity index (χ4n) is 3.18. The van der Waals surface area contributed by atoms with Gasteiger partial charge in [-0.2, -0.15) is 5.10 Å². The lowest BCUT2D eigenvalue weighted by atomic mass is 10.2. The standard InChI is InChI=1S/C18H19ClN4OS.ClH/c1-11-10-22(8-7-20-11)17(24)16-9-15-12(2)21-23(18(15)25-16)14-5-3-13(19)4-6-14;/h3-6,9,11,20H,7-8,10H2,1-2H3;1H. The minimum atomic E-state index is 0. The number of aryl methyl sites for hydroxylation is 1. The minimum Gasteiger partial charge on any atom is -0.335 e. The fraction of sp³-hybridized carbons (Fsp3) is 0.333. The third-order valence-electron chi connectivity index (χ3n) is 4.48. The molecule has 8 heteroatoms. The predicted molar refractivity (Wildman–Crippen MR) is 109 cm³/mol. The number of halogens is 2. The van der Waals surface area contributed by atoms with Crippen LogP contribution in [0.2, 0.25) is 5.02 Å². The normalized spacial score (nSPS) is 17.3. The van der Waals surface area contributed by atoms with Gasteiger partial charge in [0, 0.05) is 36.1 Å². The molecule has 138 valence electrons. The number of carbonyl (C=O) groups excluding carboxylic acids is 1. The van der Waals surface area contributed by atoms with Gasteiger partial charge in [-0.25, -0.2) is 4.68 Å². The van der Waals surface area contributed by atoms with Crippen molar-refractivity contribution in [3.8, 4) is 5.69 Å². The van der Waals surface area contributed by atoms with Crippen LogP contribution in [-0.4, -0.2) is 46.3 Å². The number of carbonyl (C=O) groups is 1. The van der Waals surface area contributed by atoms with Crippen molar-refractivity contribution in [2.24, 2.45) is 0 Å². The van der Waals surface area contributed by atoms with E-state index in [4.69, 9.17) is 11.6 Å². The molecule has 1 fully saturated rings. The number of thiophene rings is 1. The maximum absolute atomic E-state index is 12.9. The second-order valence-corrected chi connectivity index (χ2v) is 7.88. The van der Waals surface area contributed by atoms with Crippen molar-refractivity contribution in [2.45, 2.75) is 19.9 Å². The molecular formula is C18H20Cl2N4OS. The molecule has 1 atom stereocenters. The average Bonchev–Trinajstić information content (AvgIpc) is 3.16. The van der Waals surface area contributed by atoms with E-state index in [0.29, 0.717) is 11.1 Å². The zero-order valence-electron chi connectivity index (χ0n) is 14.5. The van der Waals surface area contributed by atoms with E-state index in [-0.39, 0.29) is 18.3 Å². The molecule has 1 amide bonds. The van der Waals surface area contributed by atoms with Gasteiger partial charge in [0.1, 0.15) is 4.83 Å². The SMILES string of the molecule is Cc1nn(-c2ccc(Cl)cc2)c2sc(C(=O)N3CCNC(C)C3)cc12.Cl. The number of amides is 1. The first-order valence-electron chi connectivity index (χ1n) is 8.30.